The molecule has 9 heteroatoms. The maximum Gasteiger partial charge on any atom is 0.292 e. The fourth-order valence-electron chi connectivity index (χ4n) is 2.83. The molecule has 4 aromatic rings. The maximum atomic E-state index is 12.8. The lowest BCUT2D eigenvalue weighted by Crippen LogP contribution is -2.16. The Kier molecular flexibility index (Phi) is 4.70. The van der Waals surface area contributed by atoms with Gasteiger partial charge in [0.2, 0.25) is 5.82 Å². The van der Waals surface area contributed by atoms with Gasteiger partial charge in [-0.3, -0.25) is 14.0 Å². The Hall–Kier alpha value is -4.14. The average Bonchev–Trinajstić information content (AvgIpc) is 3.32. The number of carbonyl (C=O) groups is 2. The maximum absolute atomic E-state index is 12.8. The Morgan fingerprint density at radius 3 is 2.55 bits per heavy atom. The first kappa shape index (κ1) is 18.2. The van der Waals surface area contributed by atoms with Crippen LogP contribution in [-0.4, -0.2) is 33.5 Å². The van der Waals surface area contributed by atoms with Crippen molar-refractivity contribution >= 4 is 28.8 Å². The predicted molar refractivity (Wildman–Crippen MR) is 105 cm³/mol. The molecule has 3 aromatic heterocycles. The van der Waals surface area contributed by atoms with Crippen molar-refractivity contribution in [1.82, 2.24) is 14.5 Å². The van der Waals surface area contributed by atoms with Crippen LogP contribution in [0.1, 0.15) is 26.9 Å². The van der Waals surface area contributed by atoms with Crippen LogP contribution in [-0.2, 0) is 0 Å². The molecule has 0 fully saturated rings. The topological polar surface area (TPSA) is 111 Å². The highest BCUT2D eigenvalue weighted by Gasteiger charge is 2.22. The monoisotopic (exact) mass is 391 g/mol. The van der Waals surface area contributed by atoms with Gasteiger partial charge in [-0.25, -0.2) is 4.98 Å². The number of imidazole rings is 1. The summed E-state index contributed by atoms with van der Waals surface area (Å²) in [4.78, 5) is 29.8. The molecule has 29 heavy (non-hydrogen) atoms. The van der Waals surface area contributed by atoms with Crippen molar-refractivity contribution in [3.05, 3.63) is 72.0 Å². The quantitative estimate of drug-likeness (QED) is 0.541. The van der Waals surface area contributed by atoms with Crippen LogP contribution in [0.15, 0.2) is 59.3 Å². The molecule has 1 aromatic carbocycles. The molecule has 0 saturated carbocycles. The summed E-state index contributed by atoms with van der Waals surface area (Å²) in [5, 5.41) is 9.13. The van der Waals surface area contributed by atoms with Gasteiger partial charge in [-0.2, -0.15) is 0 Å². The molecule has 2 N–H and O–H groups in total. The molecule has 0 radical (unpaired) electrons. The number of benzene rings is 1. The molecule has 0 saturated heterocycles. The zero-order valence-electron chi connectivity index (χ0n) is 15.7. The van der Waals surface area contributed by atoms with E-state index in [9.17, 15) is 9.59 Å². The molecular weight excluding hydrogens is 374 g/mol. The Morgan fingerprint density at radius 2 is 1.86 bits per heavy atom. The number of ether oxygens (including phenoxy) is 1. The van der Waals surface area contributed by atoms with Gasteiger partial charge in [0.05, 0.1) is 12.6 Å². The van der Waals surface area contributed by atoms with Crippen LogP contribution >= 0.6 is 0 Å². The van der Waals surface area contributed by atoms with Crippen LogP contribution < -0.4 is 15.4 Å². The van der Waals surface area contributed by atoms with E-state index in [0.29, 0.717) is 22.7 Å². The van der Waals surface area contributed by atoms with Crippen molar-refractivity contribution in [2.75, 3.05) is 17.7 Å². The summed E-state index contributed by atoms with van der Waals surface area (Å²) in [5.41, 5.74) is 1.17. The number of carbonyl (C=O) groups excluding carboxylic acids is 2. The molecular formula is C20H17N5O4. The first-order chi connectivity index (χ1) is 14.0. The number of aromatic nitrogens is 3. The van der Waals surface area contributed by atoms with E-state index in [-0.39, 0.29) is 17.3 Å². The van der Waals surface area contributed by atoms with Gasteiger partial charge in [0.1, 0.15) is 11.5 Å². The number of rotatable bonds is 5. The molecule has 4 rings (SSSR count). The van der Waals surface area contributed by atoms with E-state index < -0.39 is 11.8 Å². The van der Waals surface area contributed by atoms with Gasteiger partial charge >= 0.3 is 0 Å². The summed E-state index contributed by atoms with van der Waals surface area (Å²) >= 11 is 0. The fourth-order valence-corrected chi connectivity index (χ4v) is 2.83. The summed E-state index contributed by atoms with van der Waals surface area (Å²) in [7, 11) is 1.57. The van der Waals surface area contributed by atoms with Crippen LogP contribution in [0.4, 0.5) is 11.5 Å². The minimum absolute atomic E-state index is 0.0814. The number of aryl methyl sites for hydroxylation is 1. The van der Waals surface area contributed by atoms with Gasteiger partial charge in [-0.05, 0) is 43.3 Å². The molecule has 0 bridgehead atoms. The standard InChI is InChI=1S/C20H17N5O4/c1-12-11-16(24-29-12)22-19(26)17-15-5-3-4-10-25(15)18(23-17)20(27)21-13-6-8-14(28-2)9-7-13/h3-11H,1-2H3,(H,21,27)(H,22,24,26). The lowest BCUT2D eigenvalue weighted by molar-refractivity contribution is 0.101. The second kappa shape index (κ2) is 7.47. The highest BCUT2D eigenvalue weighted by molar-refractivity contribution is 6.10. The number of amides is 2. The number of nitrogens with one attached hydrogen (secondary N) is 2. The minimum atomic E-state index is -0.495. The molecule has 0 unspecified atom stereocenters. The number of nitrogens with zero attached hydrogens (tertiary/aromatic N) is 3. The second-order valence-electron chi connectivity index (χ2n) is 6.20. The number of pyridine rings is 1. The summed E-state index contributed by atoms with van der Waals surface area (Å²) in [5.74, 6) is 0.649. The SMILES string of the molecule is COc1ccc(NC(=O)c2nc(C(=O)Nc3cc(C)on3)c3ccccn23)cc1. The van der Waals surface area contributed by atoms with Crippen molar-refractivity contribution in [1.29, 1.82) is 0 Å². The van der Waals surface area contributed by atoms with Crippen molar-refractivity contribution in [3.63, 3.8) is 0 Å². The first-order valence-electron chi connectivity index (χ1n) is 8.72. The van der Waals surface area contributed by atoms with Gasteiger partial charge in [0.25, 0.3) is 11.8 Å². The third kappa shape index (κ3) is 3.65. The summed E-state index contributed by atoms with van der Waals surface area (Å²) in [6.07, 6.45) is 1.67. The third-order valence-electron chi connectivity index (χ3n) is 4.18. The van der Waals surface area contributed by atoms with Gasteiger partial charge in [0.15, 0.2) is 11.5 Å². The Labute approximate surface area is 165 Å². The van der Waals surface area contributed by atoms with Crippen molar-refractivity contribution < 1.29 is 18.8 Å². The molecule has 0 aliphatic carbocycles. The zero-order chi connectivity index (χ0) is 20.4. The highest BCUT2D eigenvalue weighted by atomic mass is 16.5. The Morgan fingerprint density at radius 1 is 1.07 bits per heavy atom. The molecule has 9 nitrogen and oxygen atoms in total. The van der Waals surface area contributed by atoms with E-state index in [1.165, 1.54) is 0 Å². The lowest BCUT2D eigenvalue weighted by atomic mass is 10.3. The van der Waals surface area contributed by atoms with Crippen molar-refractivity contribution in [3.8, 4) is 5.75 Å². The molecule has 0 atom stereocenters. The first-order valence-corrected chi connectivity index (χ1v) is 8.72. The fraction of sp³-hybridized carbons (Fsp3) is 0.100. The average molecular weight is 391 g/mol. The zero-order valence-corrected chi connectivity index (χ0v) is 15.7. The summed E-state index contributed by atoms with van der Waals surface area (Å²) < 4.78 is 11.6. The third-order valence-corrected chi connectivity index (χ3v) is 4.18. The largest absolute Gasteiger partial charge is 0.497 e. The van der Waals surface area contributed by atoms with Gasteiger partial charge < -0.3 is 19.9 Å². The number of hydrogen-bond acceptors (Lipinski definition) is 6. The van der Waals surface area contributed by atoms with Gasteiger partial charge in [0, 0.05) is 18.0 Å². The van der Waals surface area contributed by atoms with E-state index in [2.05, 4.69) is 20.8 Å². The molecule has 2 amide bonds. The van der Waals surface area contributed by atoms with Gasteiger partial charge in [-0.1, -0.05) is 11.2 Å². The normalized spacial score (nSPS) is 10.7. The lowest BCUT2D eigenvalue weighted by Gasteiger charge is -2.05. The molecule has 146 valence electrons. The number of fused-ring (bicyclic) bond motifs is 1. The van der Waals surface area contributed by atoms with E-state index in [1.807, 2.05) is 0 Å². The van der Waals surface area contributed by atoms with Crippen LogP contribution in [0, 0.1) is 6.92 Å². The van der Waals surface area contributed by atoms with E-state index in [4.69, 9.17) is 9.26 Å². The van der Waals surface area contributed by atoms with Crippen LogP contribution in [0.3, 0.4) is 0 Å². The van der Waals surface area contributed by atoms with Crippen LogP contribution in [0.2, 0.25) is 0 Å². The Balaban J connectivity index is 1.64. The van der Waals surface area contributed by atoms with Crippen molar-refractivity contribution in [2.45, 2.75) is 6.92 Å². The number of anilines is 2. The number of methoxy groups -OCH3 is 1. The van der Waals surface area contributed by atoms with Gasteiger partial charge in [-0.15, -0.1) is 0 Å². The molecule has 3 heterocycles. The smallest absolute Gasteiger partial charge is 0.292 e. The highest BCUT2D eigenvalue weighted by Crippen LogP contribution is 2.19. The molecule has 0 aliphatic heterocycles. The summed E-state index contributed by atoms with van der Waals surface area (Å²) in [6, 6.07) is 13.7. The molecule has 0 aliphatic rings. The van der Waals surface area contributed by atoms with Crippen LogP contribution in [0.25, 0.3) is 5.52 Å². The summed E-state index contributed by atoms with van der Waals surface area (Å²) in [6.45, 7) is 1.72. The minimum Gasteiger partial charge on any atom is -0.497 e. The van der Waals surface area contributed by atoms with E-state index in [1.54, 1.807) is 73.2 Å². The van der Waals surface area contributed by atoms with E-state index >= 15 is 0 Å². The number of hydrogen-bond donors (Lipinski definition) is 2. The molecule has 0 spiro atoms. The van der Waals surface area contributed by atoms with Crippen LogP contribution in [0.5, 0.6) is 5.75 Å². The van der Waals surface area contributed by atoms with Crippen molar-refractivity contribution in [2.24, 2.45) is 0 Å². The predicted octanol–water partition coefficient (Wildman–Crippen LogP) is 3.14. The van der Waals surface area contributed by atoms with E-state index in [0.717, 1.165) is 0 Å². The Bertz CT molecular complexity index is 1190. The second-order valence-corrected chi connectivity index (χ2v) is 6.20.